The van der Waals surface area contributed by atoms with E-state index in [1.165, 1.54) is 27.8 Å². The van der Waals surface area contributed by atoms with Crippen LogP contribution in [-0.4, -0.2) is 23.1 Å². The number of hydrogen-bond acceptors (Lipinski definition) is 3. The Bertz CT molecular complexity index is 1080. The zero-order chi connectivity index (χ0) is 21.5. The topological polar surface area (TPSA) is 46.5 Å². The van der Waals surface area contributed by atoms with Gasteiger partial charge in [-0.25, -0.2) is 0 Å². The molecular weight excluding hydrogens is 372 g/mol. The lowest BCUT2D eigenvalue weighted by molar-refractivity contribution is -0.118. The molecule has 1 aliphatic carbocycles. The Morgan fingerprint density at radius 2 is 1.37 bits per heavy atom. The lowest BCUT2D eigenvalue weighted by Crippen LogP contribution is -2.34. The summed E-state index contributed by atoms with van der Waals surface area (Å²) in [6.07, 6.45) is 0.616. The first-order valence-corrected chi connectivity index (χ1v) is 11.0. The number of allylic oxidation sites excluding steroid dienone is 1. The summed E-state index contributed by atoms with van der Waals surface area (Å²) in [7, 11) is 0. The highest BCUT2D eigenvalue weighted by atomic mass is 16.5. The van der Waals surface area contributed by atoms with E-state index in [1.807, 2.05) is 13.8 Å². The fraction of sp³-hybridized carbons (Fsp3) is 0.444. The van der Waals surface area contributed by atoms with Gasteiger partial charge in [-0.2, -0.15) is 0 Å². The third kappa shape index (κ3) is 2.58. The first-order chi connectivity index (χ1) is 14.2. The molecule has 2 saturated heterocycles. The van der Waals surface area contributed by atoms with Crippen LogP contribution in [0.3, 0.4) is 0 Å². The fourth-order valence-electron chi connectivity index (χ4n) is 6.74. The summed E-state index contributed by atoms with van der Waals surface area (Å²) in [6, 6.07) is 8.64. The van der Waals surface area contributed by atoms with Crippen molar-refractivity contribution in [1.82, 2.24) is 0 Å². The minimum absolute atomic E-state index is 0.0656. The first kappa shape index (κ1) is 19.6. The molecule has 0 spiro atoms. The molecule has 1 unspecified atom stereocenters. The fourth-order valence-corrected chi connectivity index (χ4v) is 6.74. The predicted molar refractivity (Wildman–Crippen MR) is 119 cm³/mol. The molecule has 3 nitrogen and oxygen atoms in total. The Labute approximate surface area is 178 Å². The molecule has 1 N–H and O–H groups in total. The Morgan fingerprint density at radius 3 is 1.93 bits per heavy atom. The van der Waals surface area contributed by atoms with Crippen molar-refractivity contribution in [3.8, 4) is 0 Å². The molecule has 3 aliphatic rings. The van der Waals surface area contributed by atoms with Gasteiger partial charge in [0, 0.05) is 5.92 Å². The third-order valence-corrected chi connectivity index (χ3v) is 7.51. The number of ketones is 1. The lowest BCUT2D eigenvalue weighted by atomic mass is 9.71. The number of hydrogen-bond donors (Lipinski definition) is 1. The minimum Gasteiger partial charge on any atom is -0.511 e. The number of ether oxygens (including phenoxy) is 1. The SMILES string of the molecule is Cc1cc(C)c(C2=C(O)[C@H]3[C@@H](C2=O)[C@@H]2CC(c4c(C)cc(C)cc4C)[C@H]3O2)c(C)c1. The van der Waals surface area contributed by atoms with Gasteiger partial charge < -0.3 is 9.84 Å². The zero-order valence-electron chi connectivity index (χ0n) is 18.7. The Morgan fingerprint density at radius 1 is 0.833 bits per heavy atom. The Hall–Kier alpha value is -2.39. The number of carbonyl (C=O) groups excluding carboxylic acids is 1. The van der Waals surface area contributed by atoms with Crippen LogP contribution in [0.4, 0.5) is 0 Å². The number of rotatable bonds is 2. The number of carbonyl (C=O) groups is 1. The lowest BCUT2D eigenvalue weighted by Gasteiger charge is -2.30. The van der Waals surface area contributed by atoms with Crippen LogP contribution >= 0.6 is 0 Å². The molecule has 2 aliphatic heterocycles. The van der Waals surface area contributed by atoms with Gasteiger partial charge in [0.2, 0.25) is 0 Å². The second-order valence-corrected chi connectivity index (χ2v) is 9.74. The highest BCUT2D eigenvalue weighted by Crippen LogP contribution is 2.59. The summed E-state index contributed by atoms with van der Waals surface area (Å²) < 4.78 is 6.34. The summed E-state index contributed by atoms with van der Waals surface area (Å²) in [5.74, 6) is 0.0748. The largest absolute Gasteiger partial charge is 0.511 e. The predicted octanol–water partition coefficient (Wildman–Crippen LogP) is 5.58. The van der Waals surface area contributed by atoms with Crippen molar-refractivity contribution in [3.63, 3.8) is 0 Å². The van der Waals surface area contributed by atoms with Crippen LogP contribution < -0.4 is 0 Å². The van der Waals surface area contributed by atoms with Crippen molar-refractivity contribution < 1.29 is 14.6 Å². The summed E-state index contributed by atoms with van der Waals surface area (Å²) in [5, 5.41) is 11.3. The minimum atomic E-state index is -0.243. The number of Topliss-reactive ketones (excluding diaryl/α,β-unsaturated/α-hetero) is 1. The number of fused-ring (bicyclic) bond motifs is 5. The van der Waals surface area contributed by atoms with E-state index in [4.69, 9.17) is 4.74 Å². The van der Waals surface area contributed by atoms with Crippen LogP contribution in [0.1, 0.15) is 56.8 Å². The van der Waals surface area contributed by atoms with E-state index in [0.29, 0.717) is 5.57 Å². The summed E-state index contributed by atoms with van der Waals surface area (Å²) in [5.41, 5.74) is 9.90. The molecule has 0 aromatic heterocycles. The highest BCUT2D eigenvalue weighted by Gasteiger charge is 2.62. The molecule has 2 fully saturated rings. The molecule has 2 heterocycles. The molecule has 156 valence electrons. The molecular formula is C27H30O3. The monoisotopic (exact) mass is 402 g/mol. The third-order valence-electron chi connectivity index (χ3n) is 7.51. The van der Waals surface area contributed by atoms with Crippen molar-refractivity contribution in [2.75, 3.05) is 0 Å². The number of aryl methyl sites for hydroxylation is 6. The maximum absolute atomic E-state index is 13.5. The van der Waals surface area contributed by atoms with E-state index < -0.39 is 0 Å². The van der Waals surface area contributed by atoms with Gasteiger partial charge in [-0.1, -0.05) is 35.4 Å². The van der Waals surface area contributed by atoms with E-state index in [9.17, 15) is 9.90 Å². The molecule has 2 aromatic carbocycles. The number of aliphatic hydroxyl groups excluding tert-OH is 1. The van der Waals surface area contributed by atoms with Gasteiger partial charge in [0.15, 0.2) is 5.78 Å². The van der Waals surface area contributed by atoms with E-state index in [1.54, 1.807) is 0 Å². The second kappa shape index (κ2) is 6.55. The van der Waals surface area contributed by atoms with Gasteiger partial charge in [-0.05, 0) is 81.3 Å². The van der Waals surface area contributed by atoms with Crippen molar-refractivity contribution in [2.24, 2.45) is 11.8 Å². The van der Waals surface area contributed by atoms with E-state index in [2.05, 4.69) is 52.0 Å². The maximum atomic E-state index is 13.5. The molecule has 2 aromatic rings. The van der Waals surface area contributed by atoms with E-state index in [-0.39, 0.29) is 41.5 Å². The quantitative estimate of drug-likeness (QED) is 0.714. The van der Waals surface area contributed by atoms with E-state index >= 15 is 0 Å². The Kier molecular flexibility index (Phi) is 4.27. The van der Waals surface area contributed by atoms with E-state index in [0.717, 1.165) is 23.1 Å². The Balaban J connectivity index is 1.59. The molecule has 0 radical (unpaired) electrons. The van der Waals surface area contributed by atoms with Crippen LogP contribution in [0.25, 0.3) is 5.57 Å². The average Bonchev–Trinajstić information content (AvgIpc) is 3.27. The van der Waals surface area contributed by atoms with Crippen LogP contribution in [-0.2, 0) is 9.53 Å². The number of aliphatic hydroxyl groups is 1. The standard InChI is InChI=1S/C27H30O3/c1-12-7-14(3)20(15(4)8-12)18-11-19-22-24(27(18)30-19)26(29)23(25(22)28)21-16(5)9-13(2)10-17(21)6/h7-10,18-19,22,24,27,29H,11H2,1-6H3/t18?,19-,22-,24+,27+/m0/s1. The van der Waals surface area contributed by atoms with Gasteiger partial charge in [0.25, 0.3) is 0 Å². The molecule has 5 atom stereocenters. The zero-order valence-corrected chi connectivity index (χ0v) is 18.7. The summed E-state index contributed by atoms with van der Waals surface area (Å²) in [6.45, 7) is 12.6. The van der Waals surface area contributed by atoms with Crippen molar-refractivity contribution in [1.29, 1.82) is 0 Å². The summed E-state index contributed by atoms with van der Waals surface area (Å²) >= 11 is 0. The highest BCUT2D eigenvalue weighted by molar-refractivity contribution is 6.26. The molecule has 0 saturated carbocycles. The second-order valence-electron chi connectivity index (χ2n) is 9.74. The average molecular weight is 403 g/mol. The van der Waals surface area contributed by atoms with Gasteiger partial charge in [0.1, 0.15) is 5.76 Å². The van der Waals surface area contributed by atoms with Crippen LogP contribution in [0, 0.1) is 53.4 Å². The maximum Gasteiger partial charge on any atom is 0.173 e. The number of benzene rings is 2. The van der Waals surface area contributed by atoms with Crippen molar-refractivity contribution >= 4 is 11.4 Å². The van der Waals surface area contributed by atoms with Crippen molar-refractivity contribution in [3.05, 3.63) is 74.5 Å². The van der Waals surface area contributed by atoms with Crippen molar-refractivity contribution in [2.45, 2.75) is 66.1 Å². The van der Waals surface area contributed by atoms with Crippen LogP contribution in [0.15, 0.2) is 30.0 Å². The molecule has 5 rings (SSSR count). The smallest absolute Gasteiger partial charge is 0.173 e. The molecule has 30 heavy (non-hydrogen) atoms. The summed E-state index contributed by atoms with van der Waals surface area (Å²) in [4.78, 5) is 13.5. The van der Waals surface area contributed by atoms with Gasteiger partial charge in [-0.3, -0.25) is 4.79 Å². The van der Waals surface area contributed by atoms with Gasteiger partial charge in [-0.15, -0.1) is 0 Å². The first-order valence-electron chi connectivity index (χ1n) is 11.0. The molecule has 3 heteroatoms. The van der Waals surface area contributed by atoms with Crippen LogP contribution in [0.5, 0.6) is 0 Å². The molecule has 2 bridgehead atoms. The molecule has 0 amide bonds. The van der Waals surface area contributed by atoms with Gasteiger partial charge in [0.05, 0.1) is 29.6 Å². The van der Waals surface area contributed by atoms with Crippen LogP contribution in [0.2, 0.25) is 0 Å². The van der Waals surface area contributed by atoms with Gasteiger partial charge >= 0.3 is 0 Å². The normalized spacial score (nSPS) is 29.8.